The van der Waals surface area contributed by atoms with Gasteiger partial charge in [0.25, 0.3) is 7.82 Å². The highest BCUT2D eigenvalue weighted by atomic mass is 31.2. The van der Waals surface area contributed by atoms with Gasteiger partial charge in [-0.05, 0) is 83.5 Å². The van der Waals surface area contributed by atoms with Crippen LogP contribution >= 0.6 is 7.82 Å². The number of esters is 2. The van der Waals surface area contributed by atoms with Crippen molar-refractivity contribution < 1.29 is 42.1 Å². The molecule has 0 aliphatic heterocycles. The van der Waals surface area contributed by atoms with Crippen molar-refractivity contribution in [2.45, 2.75) is 251 Å². The first-order valence-electron chi connectivity index (χ1n) is 28.6. The molecule has 0 bridgehead atoms. The lowest BCUT2D eigenvalue weighted by Gasteiger charge is -2.28. The first-order chi connectivity index (χ1) is 34.0. The Morgan fingerprint density at radius 3 is 1.23 bits per heavy atom. The Balaban J connectivity index is 4.04. The Kier molecular flexibility index (Phi) is 49.5. The van der Waals surface area contributed by atoms with Crippen LogP contribution in [0.1, 0.15) is 245 Å². The van der Waals surface area contributed by atoms with Crippen molar-refractivity contribution in [1.82, 2.24) is 0 Å². The number of likely N-dealkylation sites (N-methyl/N-ethyl adjacent to an activating group) is 1. The first-order valence-corrected chi connectivity index (χ1v) is 30.1. The normalized spacial score (nSPS) is 13.9. The molecule has 0 fully saturated rings. The second kappa shape index (κ2) is 51.4. The number of hydrogen-bond donors (Lipinski definition) is 0. The van der Waals surface area contributed by atoms with Gasteiger partial charge in [-0.1, -0.05) is 222 Å². The van der Waals surface area contributed by atoms with Crippen LogP contribution in [0.15, 0.2) is 72.9 Å². The first kappa shape index (κ1) is 67.5. The molecule has 0 heterocycles. The smallest absolute Gasteiger partial charge is 0.306 e. The summed E-state index contributed by atoms with van der Waals surface area (Å²) >= 11 is 0. The van der Waals surface area contributed by atoms with Crippen molar-refractivity contribution in [3.63, 3.8) is 0 Å². The van der Waals surface area contributed by atoms with Gasteiger partial charge in [-0.3, -0.25) is 14.2 Å². The molecule has 0 radical (unpaired) electrons. The molecule has 0 aromatic heterocycles. The summed E-state index contributed by atoms with van der Waals surface area (Å²) in [6, 6.07) is 0. The van der Waals surface area contributed by atoms with E-state index in [1.807, 2.05) is 21.1 Å². The molecule has 10 heteroatoms. The Bertz CT molecular complexity index is 1410. The van der Waals surface area contributed by atoms with Gasteiger partial charge in [0.05, 0.1) is 27.7 Å². The maximum atomic E-state index is 12.8. The number of nitrogens with zero attached hydrogens (tertiary/aromatic N) is 1. The Hall–Kier alpha value is -2.55. The molecule has 0 amide bonds. The Labute approximate surface area is 431 Å². The van der Waals surface area contributed by atoms with Crippen molar-refractivity contribution in [2.24, 2.45) is 0 Å². The molecule has 0 aliphatic carbocycles. The fourth-order valence-electron chi connectivity index (χ4n) is 7.80. The Morgan fingerprint density at radius 1 is 0.457 bits per heavy atom. The third-order valence-corrected chi connectivity index (χ3v) is 13.2. The van der Waals surface area contributed by atoms with Gasteiger partial charge in [0.1, 0.15) is 19.8 Å². The average molecular weight is 1000 g/mol. The number of phosphoric ester groups is 1. The van der Waals surface area contributed by atoms with Crippen LogP contribution in [0, 0.1) is 0 Å². The maximum Gasteiger partial charge on any atom is 0.306 e. The van der Waals surface area contributed by atoms with Gasteiger partial charge in [-0.2, -0.15) is 0 Å². The van der Waals surface area contributed by atoms with Crippen molar-refractivity contribution in [1.29, 1.82) is 0 Å². The number of unbranched alkanes of at least 4 members (excludes halogenated alkanes) is 26. The standard InChI is InChI=1S/C60H108NO8P/c1-6-8-10-12-14-16-18-20-21-22-23-24-25-26-27-28-29-30-31-32-33-34-35-36-37-38-39-41-43-45-47-49-51-53-60(63)69-58(57-68-70(64,65)67-55-54-61(3,4)5)56-66-59(62)52-50-48-46-44-42-40-19-17-15-13-11-9-7-2/h8,10,14,16-17,19-21,23-24,26-27,58H,6-7,9,11-13,15,18,22,25,28-57H2,1-5H3/b10-8-,16-14-,19-17-,21-20-,24-23-,27-26-. The molecule has 0 spiro atoms. The van der Waals surface area contributed by atoms with E-state index in [1.54, 1.807) is 0 Å². The van der Waals surface area contributed by atoms with E-state index >= 15 is 0 Å². The SMILES string of the molecule is CC/C=C\C/C=C\C/C=C\C/C=C\C/C=C\CCCCCCCCCCCCCCCCCCCC(=O)OC(COC(=O)CCCCCCC/C=C\CCCCCC)COP(=O)([O-])OCC[N+](C)(C)C. The summed E-state index contributed by atoms with van der Waals surface area (Å²) in [7, 11) is 1.16. The van der Waals surface area contributed by atoms with Gasteiger partial charge >= 0.3 is 11.9 Å². The van der Waals surface area contributed by atoms with Gasteiger partial charge in [0, 0.05) is 12.8 Å². The largest absolute Gasteiger partial charge is 0.756 e. The molecule has 0 saturated carbocycles. The number of phosphoric acid groups is 1. The van der Waals surface area contributed by atoms with Crippen LogP contribution in [0.3, 0.4) is 0 Å². The monoisotopic (exact) mass is 1000 g/mol. The summed E-state index contributed by atoms with van der Waals surface area (Å²) < 4.78 is 34.1. The predicted octanol–water partition coefficient (Wildman–Crippen LogP) is 17.1. The topological polar surface area (TPSA) is 111 Å². The van der Waals surface area contributed by atoms with Crippen LogP contribution in [0.2, 0.25) is 0 Å². The number of carbonyl (C=O) groups excluding carboxylic acids is 2. The minimum absolute atomic E-state index is 0.0329. The van der Waals surface area contributed by atoms with Crippen LogP contribution in [-0.2, 0) is 32.7 Å². The van der Waals surface area contributed by atoms with E-state index in [0.717, 1.165) is 89.9 Å². The van der Waals surface area contributed by atoms with Crippen LogP contribution in [0.4, 0.5) is 0 Å². The van der Waals surface area contributed by atoms with Crippen molar-refractivity contribution >= 4 is 19.8 Å². The van der Waals surface area contributed by atoms with E-state index in [1.165, 1.54) is 122 Å². The highest BCUT2D eigenvalue weighted by molar-refractivity contribution is 7.45. The van der Waals surface area contributed by atoms with E-state index in [2.05, 4.69) is 86.8 Å². The van der Waals surface area contributed by atoms with Crippen molar-refractivity contribution in [3.8, 4) is 0 Å². The highest BCUT2D eigenvalue weighted by Gasteiger charge is 2.21. The number of ether oxygens (including phenoxy) is 2. The summed E-state index contributed by atoms with van der Waals surface area (Å²) in [5, 5.41) is 0. The fraction of sp³-hybridized carbons (Fsp3) is 0.767. The Morgan fingerprint density at radius 2 is 0.814 bits per heavy atom. The molecule has 0 aliphatic rings. The van der Waals surface area contributed by atoms with Crippen LogP contribution in [0.5, 0.6) is 0 Å². The second-order valence-corrected chi connectivity index (χ2v) is 21.7. The number of quaternary nitrogens is 1. The summed E-state index contributed by atoms with van der Waals surface area (Å²) in [5.41, 5.74) is 0. The van der Waals surface area contributed by atoms with E-state index in [0.29, 0.717) is 17.4 Å². The maximum absolute atomic E-state index is 12.8. The zero-order chi connectivity index (χ0) is 51.3. The molecule has 0 rings (SSSR count). The second-order valence-electron chi connectivity index (χ2n) is 20.3. The van der Waals surface area contributed by atoms with Crippen molar-refractivity contribution in [3.05, 3.63) is 72.9 Å². The number of hydrogen-bond acceptors (Lipinski definition) is 8. The average Bonchev–Trinajstić information content (AvgIpc) is 3.32. The van der Waals surface area contributed by atoms with Crippen LogP contribution in [0.25, 0.3) is 0 Å². The molecule has 9 nitrogen and oxygen atoms in total. The van der Waals surface area contributed by atoms with Gasteiger partial charge in [0.2, 0.25) is 0 Å². The molecule has 0 aromatic rings. The van der Waals surface area contributed by atoms with Crippen LogP contribution < -0.4 is 4.89 Å². The number of carbonyl (C=O) groups is 2. The molecule has 0 saturated heterocycles. The molecule has 0 N–H and O–H groups in total. The predicted molar refractivity (Wildman–Crippen MR) is 296 cm³/mol. The molecule has 2 unspecified atom stereocenters. The molecule has 406 valence electrons. The lowest BCUT2D eigenvalue weighted by atomic mass is 10.0. The summed E-state index contributed by atoms with van der Waals surface area (Å²) in [5.74, 6) is -0.840. The molecular formula is C60H108NO8P. The minimum atomic E-state index is -4.63. The van der Waals surface area contributed by atoms with E-state index in [-0.39, 0.29) is 26.1 Å². The highest BCUT2D eigenvalue weighted by Crippen LogP contribution is 2.38. The van der Waals surface area contributed by atoms with Gasteiger partial charge in [-0.25, -0.2) is 0 Å². The lowest BCUT2D eigenvalue weighted by Crippen LogP contribution is -2.37. The minimum Gasteiger partial charge on any atom is -0.756 e. The fourth-order valence-corrected chi connectivity index (χ4v) is 8.52. The van der Waals surface area contributed by atoms with Crippen LogP contribution in [-0.4, -0.2) is 70.0 Å². The number of rotatable bonds is 52. The summed E-state index contributed by atoms with van der Waals surface area (Å²) in [6.07, 6.45) is 66.7. The molecule has 2 atom stereocenters. The van der Waals surface area contributed by atoms with E-state index in [4.69, 9.17) is 18.5 Å². The third-order valence-electron chi connectivity index (χ3n) is 12.2. The van der Waals surface area contributed by atoms with Crippen molar-refractivity contribution in [2.75, 3.05) is 47.5 Å². The van der Waals surface area contributed by atoms with Gasteiger partial charge in [-0.15, -0.1) is 0 Å². The van der Waals surface area contributed by atoms with E-state index < -0.39 is 32.5 Å². The van der Waals surface area contributed by atoms with E-state index in [9.17, 15) is 19.0 Å². The zero-order valence-electron chi connectivity index (χ0n) is 46.0. The molecular weight excluding hydrogens is 894 g/mol. The number of allylic oxidation sites excluding steroid dienone is 12. The van der Waals surface area contributed by atoms with Gasteiger partial charge < -0.3 is 27.9 Å². The summed E-state index contributed by atoms with van der Waals surface area (Å²) in [6.45, 7) is 4.11. The molecule has 0 aromatic carbocycles. The van der Waals surface area contributed by atoms with Gasteiger partial charge in [0.15, 0.2) is 6.10 Å². The molecule has 70 heavy (non-hydrogen) atoms. The summed E-state index contributed by atoms with van der Waals surface area (Å²) in [4.78, 5) is 37.7. The lowest BCUT2D eigenvalue weighted by molar-refractivity contribution is -0.870. The quantitative estimate of drug-likeness (QED) is 0.0195. The zero-order valence-corrected chi connectivity index (χ0v) is 46.8. The third kappa shape index (κ3) is 54.8.